The van der Waals surface area contributed by atoms with Crippen LogP contribution in [0.2, 0.25) is 0 Å². The van der Waals surface area contributed by atoms with Gasteiger partial charge in [-0.1, -0.05) is 18.2 Å². The largest absolute Gasteiger partial charge is 0.416 e. The van der Waals surface area contributed by atoms with E-state index >= 15 is 0 Å². The molecular weight excluding hydrogens is 826 g/mol. The molecule has 0 aliphatic rings. The highest BCUT2D eigenvalue weighted by molar-refractivity contribution is 14.1. The van der Waals surface area contributed by atoms with E-state index in [4.69, 9.17) is 17.3 Å². The van der Waals surface area contributed by atoms with Crippen molar-refractivity contribution in [2.45, 2.75) is 32.6 Å². The molecule has 0 unspecified atom stereocenters. The van der Waals surface area contributed by atoms with Crippen LogP contribution < -0.4 is 5.73 Å². The zero-order chi connectivity index (χ0) is 32.5. The number of aryl methyl sites for hydroxylation is 2. The minimum Gasteiger partial charge on any atom is -0.384 e. The van der Waals surface area contributed by atoms with Crippen LogP contribution in [0, 0.1) is 21.0 Å². The van der Waals surface area contributed by atoms with Gasteiger partial charge in [0.25, 0.3) is 5.24 Å². The van der Waals surface area contributed by atoms with Crippen LogP contribution in [0.15, 0.2) is 73.1 Å². The van der Waals surface area contributed by atoms with Crippen LogP contribution >= 0.6 is 56.8 Å². The first-order valence-electron chi connectivity index (χ1n) is 11.9. The van der Waals surface area contributed by atoms with E-state index in [0.717, 1.165) is 54.9 Å². The smallest absolute Gasteiger partial charge is 0.384 e. The summed E-state index contributed by atoms with van der Waals surface area (Å²) in [4.78, 5) is 30.1. The van der Waals surface area contributed by atoms with E-state index in [-0.39, 0.29) is 23.7 Å². The Hall–Kier alpha value is -2.79. The van der Waals surface area contributed by atoms with Crippen LogP contribution in [-0.4, -0.2) is 21.0 Å². The number of pyridine rings is 2. The van der Waals surface area contributed by atoms with Crippen molar-refractivity contribution in [2.75, 3.05) is 5.73 Å². The fourth-order valence-electron chi connectivity index (χ4n) is 3.12. The summed E-state index contributed by atoms with van der Waals surface area (Å²) in [6.07, 6.45) is -6.82. The van der Waals surface area contributed by atoms with Crippen molar-refractivity contribution in [3.8, 4) is 0 Å². The Morgan fingerprint density at radius 1 is 0.744 bits per heavy atom. The molecule has 0 fully saturated rings. The minimum absolute atomic E-state index is 0.116. The standard InChI is InChI=1S/C15H11F3INO.C8H6ClIO.C6H5F3N2/c1-9-2-3-10(6-13(9)19)14(21)8-12-7-11(4-5-20-12)15(16,17)18;1-5-2-3-6(8(9)11)4-7(5)10;7-6(8,9)4-1-2-11-5(10)3-4/h2-7H,8H2,1H3;2-4H,1H3;1-3H,(H2,10,11). The van der Waals surface area contributed by atoms with E-state index < -0.39 is 28.7 Å². The molecule has 0 amide bonds. The normalized spacial score (nSPS) is 11.0. The first-order chi connectivity index (χ1) is 19.9. The van der Waals surface area contributed by atoms with Gasteiger partial charge in [0, 0.05) is 36.4 Å². The predicted molar refractivity (Wildman–Crippen MR) is 169 cm³/mol. The third-order valence-electron chi connectivity index (χ3n) is 5.49. The van der Waals surface area contributed by atoms with Gasteiger partial charge in [0.15, 0.2) is 5.78 Å². The molecule has 2 aromatic carbocycles. The first kappa shape index (κ1) is 36.4. The zero-order valence-electron chi connectivity index (χ0n) is 22.3. The number of carbonyl (C=O) groups excluding carboxylic acids is 2. The van der Waals surface area contributed by atoms with Gasteiger partial charge in [0.1, 0.15) is 5.82 Å². The Labute approximate surface area is 275 Å². The Bertz CT molecular complexity index is 1600. The van der Waals surface area contributed by atoms with E-state index in [1.807, 2.05) is 26.0 Å². The van der Waals surface area contributed by atoms with E-state index in [0.29, 0.717) is 11.1 Å². The van der Waals surface area contributed by atoms with Crippen LogP contribution in [0.3, 0.4) is 0 Å². The van der Waals surface area contributed by atoms with Gasteiger partial charge in [-0.25, -0.2) is 4.98 Å². The molecule has 4 aromatic rings. The lowest BCUT2D eigenvalue weighted by Crippen LogP contribution is -2.09. The number of carbonyl (C=O) groups is 2. The van der Waals surface area contributed by atoms with E-state index in [2.05, 4.69) is 55.1 Å². The second-order valence-electron chi connectivity index (χ2n) is 8.80. The number of nitrogen functional groups attached to an aromatic ring is 1. The fraction of sp³-hybridized carbons (Fsp3) is 0.172. The van der Waals surface area contributed by atoms with Gasteiger partial charge >= 0.3 is 12.4 Å². The lowest BCUT2D eigenvalue weighted by atomic mass is 10.0. The SMILES string of the molecule is Cc1ccc(C(=O)Cc2cc(C(F)(F)F)ccn2)cc1I.Cc1ccc(C(=O)Cl)cc1I.Nc1cc(C(F)(F)F)ccn1. The van der Waals surface area contributed by atoms with Gasteiger partial charge in [-0.3, -0.25) is 14.6 Å². The number of aromatic nitrogens is 2. The maximum atomic E-state index is 12.6. The van der Waals surface area contributed by atoms with Crippen LogP contribution in [0.5, 0.6) is 0 Å². The first-order valence-corrected chi connectivity index (χ1v) is 14.5. The molecule has 0 radical (unpaired) electrons. The number of anilines is 1. The minimum atomic E-state index is -4.43. The van der Waals surface area contributed by atoms with Gasteiger partial charge in [0.05, 0.1) is 17.5 Å². The summed E-state index contributed by atoms with van der Waals surface area (Å²) in [6.45, 7) is 3.91. The monoisotopic (exact) mass is 847 g/mol. The number of halogens is 9. The summed E-state index contributed by atoms with van der Waals surface area (Å²) in [5.74, 6) is -0.375. The summed E-state index contributed by atoms with van der Waals surface area (Å²) < 4.78 is 75.5. The molecule has 4 rings (SSSR count). The Balaban J connectivity index is 0.000000247. The number of rotatable bonds is 4. The average Bonchev–Trinajstić information content (AvgIpc) is 2.91. The second kappa shape index (κ2) is 15.8. The number of nitrogens with zero attached hydrogens (tertiary/aromatic N) is 2. The Kier molecular flexibility index (Phi) is 13.4. The predicted octanol–water partition coefficient (Wildman–Crippen LogP) is 9.10. The average molecular weight is 848 g/mol. The molecule has 0 saturated carbocycles. The molecule has 0 aliphatic carbocycles. The number of alkyl halides is 6. The highest BCUT2D eigenvalue weighted by Gasteiger charge is 2.31. The van der Waals surface area contributed by atoms with E-state index in [1.54, 1.807) is 24.3 Å². The molecule has 0 bridgehead atoms. The van der Waals surface area contributed by atoms with E-state index in [1.165, 1.54) is 0 Å². The number of benzene rings is 2. The lowest BCUT2D eigenvalue weighted by molar-refractivity contribution is -0.138. The molecular formula is C29H22ClF6I2N3O2. The second-order valence-corrected chi connectivity index (χ2v) is 11.5. The van der Waals surface area contributed by atoms with E-state index in [9.17, 15) is 35.9 Å². The zero-order valence-corrected chi connectivity index (χ0v) is 27.4. The number of hydrogen-bond acceptors (Lipinski definition) is 5. The van der Waals surface area contributed by atoms with Gasteiger partial charge in [-0.05, 0) is 124 Å². The van der Waals surface area contributed by atoms with Crippen molar-refractivity contribution >= 4 is 73.6 Å². The molecule has 0 aliphatic heterocycles. The summed E-state index contributed by atoms with van der Waals surface area (Å²) in [7, 11) is 0. The number of Topliss-reactive ketones (excluding diaryl/α,β-unsaturated/α-hetero) is 1. The Morgan fingerprint density at radius 3 is 1.65 bits per heavy atom. The van der Waals surface area contributed by atoms with Gasteiger partial charge in [-0.2, -0.15) is 26.3 Å². The van der Waals surface area contributed by atoms with Crippen LogP contribution in [0.25, 0.3) is 0 Å². The van der Waals surface area contributed by atoms with Crippen molar-refractivity contribution in [2.24, 2.45) is 0 Å². The Morgan fingerprint density at radius 2 is 1.21 bits per heavy atom. The molecule has 2 aromatic heterocycles. The summed E-state index contributed by atoms with van der Waals surface area (Å²) >= 11 is 9.57. The molecule has 0 spiro atoms. The summed E-state index contributed by atoms with van der Waals surface area (Å²) in [6, 6.07) is 14.1. The van der Waals surface area contributed by atoms with Crippen molar-refractivity contribution in [3.63, 3.8) is 0 Å². The van der Waals surface area contributed by atoms with Crippen molar-refractivity contribution in [1.82, 2.24) is 9.97 Å². The third kappa shape index (κ3) is 12.0. The summed E-state index contributed by atoms with van der Waals surface area (Å²) in [5.41, 5.74) is 6.83. The molecule has 228 valence electrons. The number of nitrogens with two attached hydrogens (primary N) is 1. The van der Waals surface area contributed by atoms with Crippen molar-refractivity contribution in [1.29, 1.82) is 0 Å². The molecule has 0 saturated heterocycles. The quantitative estimate of drug-likeness (QED) is 0.0960. The number of ketones is 1. The number of hydrogen-bond donors (Lipinski definition) is 1. The molecule has 2 N–H and O–H groups in total. The molecule has 14 heteroatoms. The van der Waals surface area contributed by atoms with Crippen molar-refractivity contribution in [3.05, 3.63) is 119 Å². The van der Waals surface area contributed by atoms with Crippen molar-refractivity contribution < 1.29 is 35.9 Å². The maximum Gasteiger partial charge on any atom is 0.416 e. The lowest BCUT2D eigenvalue weighted by Gasteiger charge is -2.08. The highest BCUT2D eigenvalue weighted by atomic mass is 127. The van der Waals surface area contributed by atoms with Crippen LogP contribution in [0.4, 0.5) is 32.2 Å². The van der Waals surface area contributed by atoms with Gasteiger partial charge in [0.2, 0.25) is 0 Å². The van der Waals surface area contributed by atoms with Gasteiger partial charge < -0.3 is 5.73 Å². The molecule has 2 heterocycles. The van der Waals surface area contributed by atoms with Gasteiger partial charge in [-0.15, -0.1) is 0 Å². The topological polar surface area (TPSA) is 85.9 Å². The molecule has 0 atom stereocenters. The molecule has 43 heavy (non-hydrogen) atoms. The van der Waals surface area contributed by atoms with Crippen LogP contribution in [0.1, 0.15) is 48.7 Å². The maximum absolute atomic E-state index is 12.6. The molecule has 5 nitrogen and oxygen atoms in total. The third-order valence-corrected chi connectivity index (χ3v) is 8.03. The summed E-state index contributed by atoms with van der Waals surface area (Å²) in [5, 5.41) is -0.400. The van der Waals surface area contributed by atoms with Crippen LogP contribution in [-0.2, 0) is 18.8 Å². The highest BCUT2D eigenvalue weighted by Crippen LogP contribution is 2.30. The fourth-order valence-corrected chi connectivity index (χ4v) is 4.27.